The molecule has 3 aliphatic heterocycles. The Morgan fingerprint density at radius 2 is 1.47 bits per heavy atom. The molecule has 2 amide bonds. The Kier molecular flexibility index (Phi) is 10.9. The summed E-state index contributed by atoms with van der Waals surface area (Å²) in [6.07, 6.45) is -5.33. The number of anilines is 1. The Morgan fingerprint density at radius 3 is 2.00 bits per heavy atom. The predicted molar refractivity (Wildman–Crippen MR) is 210 cm³/mol. The van der Waals surface area contributed by atoms with Crippen LogP contribution in [0.1, 0.15) is 78.7 Å². The number of rotatable bonds is 8. The third-order valence-electron chi connectivity index (χ3n) is 11.3. The molecule has 0 radical (unpaired) electrons. The van der Waals surface area contributed by atoms with Gasteiger partial charge in [-0.25, -0.2) is 18.6 Å². The zero-order chi connectivity index (χ0) is 42.7. The Balaban J connectivity index is 1.35. The topological polar surface area (TPSA) is 93.7 Å². The molecule has 59 heavy (non-hydrogen) atoms. The van der Waals surface area contributed by atoms with E-state index < -0.39 is 76.0 Å². The maximum atomic E-state index is 16.9. The second-order valence-electron chi connectivity index (χ2n) is 16.3. The molecule has 4 heterocycles. The standard InChI is InChI=1S/C44H47F5N4O6/c1-23-34-40(58-25(3)39-32-18-13-28(22-52(39)41(34)54)53(32)42(55)59-43(4,5)6)50-38(37(23)46)31-19-33(36(45)24(2)35(31)44(47,48)49)51(20-26-9-14-29(56-7)15-10-26)21-27-11-16-30(57-8)17-12-27/h9-12,14-17,19,25,28,32,39H,13,18,20-22H2,1-8H3/t25-,28+,32-,39+/m0/s1. The molecule has 2 bridgehead atoms. The number of ether oxygens (including phenoxy) is 4. The van der Waals surface area contributed by atoms with Gasteiger partial charge in [-0.1, -0.05) is 24.3 Å². The first-order chi connectivity index (χ1) is 27.8. The van der Waals surface area contributed by atoms with E-state index in [-0.39, 0.29) is 48.4 Å². The number of piperazine rings is 1. The first kappa shape index (κ1) is 41.6. The van der Waals surface area contributed by atoms with Crippen LogP contribution >= 0.6 is 0 Å². The molecule has 0 unspecified atom stereocenters. The fourth-order valence-corrected chi connectivity index (χ4v) is 8.61. The molecule has 4 aromatic rings. The number of alkyl halides is 3. The third-order valence-corrected chi connectivity index (χ3v) is 11.3. The number of halogens is 5. The minimum atomic E-state index is -5.14. The highest BCUT2D eigenvalue weighted by atomic mass is 19.4. The van der Waals surface area contributed by atoms with Gasteiger partial charge in [-0.2, -0.15) is 13.2 Å². The van der Waals surface area contributed by atoms with Crippen molar-refractivity contribution in [3.05, 3.63) is 99.6 Å². The second kappa shape index (κ2) is 15.5. The van der Waals surface area contributed by atoms with Gasteiger partial charge in [0.15, 0.2) is 5.82 Å². The van der Waals surface area contributed by atoms with Gasteiger partial charge < -0.3 is 28.7 Å². The summed E-state index contributed by atoms with van der Waals surface area (Å²) in [7, 11) is 3.03. The zero-order valence-electron chi connectivity index (χ0n) is 34.2. The number of aromatic nitrogens is 1. The van der Waals surface area contributed by atoms with Gasteiger partial charge >= 0.3 is 12.3 Å². The number of carbonyl (C=O) groups excluding carboxylic acids is 2. The van der Waals surface area contributed by atoms with Crippen molar-refractivity contribution in [2.45, 2.75) is 103 Å². The predicted octanol–water partition coefficient (Wildman–Crippen LogP) is 9.26. The van der Waals surface area contributed by atoms with E-state index in [1.807, 2.05) is 0 Å². The van der Waals surface area contributed by atoms with Crippen LogP contribution in [0, 0.1) is 25.5 Å². The normalized spacial score (nSPS) is 20.1. The average molecular weight is 823 g/mol. The Labute approximate surface area is 339 Å². The van der Waals surface area contributed by atoms with Crippen LogP contribution in [0.25, 0.3) is 11.3 Å². The van der Waals surface area contributed by atoms with E-state index in [0.717, 1.165) is 13.0 Å². The maximum absolute atomic E-state index is 16.9. The van der Waals surface area contributed by atoms with E-state index in [9.17, 15) is 9.59 Å². The number of carbonyl (C=O) groups is 2. The van der Waals surface area contributed by atoms with Crippen molar-refractivity contribution in [1.82, 2.24) is 14.8 Å². The summed E-state index contributed by atoms with van der Waals surface area (Å²) in [4.78, 5) is 36.9. The lowest BCUT2D eigenvalue weighted by Crippen LogP contribution is -2.65. The zero-order valence-corrected chi connectivity index (χ0v) is 34.2. The van der Waals surface area contributed by atoms with Gasteiger partial charge in [-0.05, 0) is 101 Å². The Bertz CT molecular complexity index is 2210. The van der Waals surface area contributed by atoms with E-state index in [0.29, 0.717) is 35.5 Å². The minimum Gasteiger partial charge on any atom is -0.497 e. The van der Waals surface area contributed by atoms with Gasteiger partial charge in [0.25, 0.3) is 5.91 Å². The van der Waals surface area contributed by atoms with Gasteiger partial charge in [0, 0.05) is 30.8 Å². The molecule has 0 saturated carbocycles. The highest BCUT2D eigenvalue weighted by Crippen LogP contribution is 2.47. The summed E-state index contributed by atoms with van der Waals surface area (Å²) in [6.45, 7) is 9.47. The monoisotopic (exact) mass is 822 g/mol. The Morgan fingerprint density at radius 1 is 0.898 bits per heavy atom. The summed E-state index contributed by atoms with van der Waals surface area (Å²) in [5.41, 5.74) is -3.73. The lowest BCUT2D eigenvalue weighted by atomic mass is 9.94. The molecule has 10 nitrogen and oxygen atoms in total. The summed E-state index contributed by atoms with van der Waals surface area (Å²) in [6, 6.07) is 13.3. The number of amides is 2. The number of methoxy groups -OCH3 is 2. The van der Waals surface area contributed by atoms with Crippen molar-refractivity contribution in [2.24, 2.45) is 0 Å². The van der Waals surface area contributed by atoms with Gasteiger partial charge in [0.1, 0.15) is 40.3 Å². The molecule has 2 saturated heterocycles. The lowest BCUT2D eigenvalue weighted by Gasteiger charge is -2.47. The van der Waals surface area contributed by atoms with E-state index in [1.165, 1.54) is 21.1 Å². The number of hydrogen-bond acceptors (Lipinski definition) is 8. The molecule has 7 rings (SSSR count). The number of fused-ring (bicyclic) bond motifs is 5. The van der Waals surface area contributed by atoms with Crippen molar-refractivity contribution in [3.63, 3.8) is 0 Å². The number of benzene rings is 3. The van der Waals surface area contributed by atoms with Crippen LogP contribution in [0.2, 0.25) is 0 Å². The van der Waals surface area contributed by atoms with Crippen LogP contribution in [0.4, 0.5) is 32.4 Å². The molecule has 2 fully saturated rings. The second-order valence-corrected chi connectivity index (χ2v) is 16.3. The molecular formula is C44H47F5N4O6. The van der Waals surface area contributed by atoms with Crippen LogP contribution in [-0.2, 0) is 24.0 Å². The quantitative estimate of drug-likeness (QED) is 0.163. The summed E-state index contributed by atoms with van der Waals surface area (Å²) in [5, 5.41) is 0. The van der Waals surface area contributed by atoms with E-state index >= 15 is 22.0 Å². The average Bonchev–Trinajstić information content (AvgIpc) is 3.43. The van der Waals surface area contributed by atoms with Crippen LogP contribution in [0.15, 0.2) is 54.6 Å². The van der Waals surface area contributed by atoms with Crippen LogP contribution < -0.4 is 19.1 Å². The largest absolute Gasteiger partial charge is 0.497 e. The highest BCUT2D eigenvalue weighted by Gasteiger charge is 2.55. The van der Waals surface area contributed by atoms with Gasteiger partial charge in [-0.15, -0.1) is 0 Å². The number of hydrogen-bond donors (Lipinski definition) is 0. The molecule has 314 valence electrons. The molecule has 3 aromatic carbocycles. The maximum Gasteiger partial charge on any atom is 0.417 e. The SMILES string of the molecule is COc1ccc(CN(Cc2ccc(OC)cc2)c2cc(-c3nc4c(c(C)c3F)C(=O)N3C[C@H]5CC[C@@H]([C@H]3[C@H](C)O4)N5C(=O)OC(C)(C)C)c(C(F)(F)F)c(C)c2F)cc1. The smallest absolute Gasteiger partial charge is 0.417 e. The fourth-order valence-electron chi connectivity index (χ4n) is 8.61. The third kappa shape index (κ3) is 7.83. The highest BCUT2D eigenvalue weighted by molar-refractivity contribution is 5.99. The van der Waals surface area contributed by atoms with Crippen molar-refractivity contribution < 1.29 is 50.5 Å². The first-order valence-corrected chi connectivity index (χ1v) is 19.4. The van der Waals surface area contributed by atoms with Crippen LogP contribution in [0.3, 0.4) is 0 Å². The molecule has 0 N–H and O–H groups in total. The fraction of sp³-hybridized carbons (Fsp3) is 0.432. The molecule has 4 atom stereocenters. The van der Waals surface area contributed by atoms with Crippen molar-refractivity contribution >= 4 is 17.7 Å². The summed E-state index contributed by atoms with van der Waals surface area (Å²) < 4.78 is 101. The van der Waals surface area contributed by atoms with E-state index in [2.05, 4.69) is 4.98 Å². The molecule has 0 aliphatic carbocycles. The first-order valence-electron chi connectivity index (χ1n) is 19.4. The van der Waals surface area contributed by atoms with E-state index in [4.69, 9.17) is 18.9 Å². The summed E-state index contributed by atoms with van der Waals surface area (Å²) in [5.74, 6) is -2.13. The van der Waals surface area contributed by atoms with Gasteiger partial charge in [0.2, 0.25) is 5.88 Å². The van der Waals surface area contributed by atoms with Crippen molar-refractivity contribution in [1.29, 1.82) is 0 Å². The van der Waals surface area contributed by atoms with Crippen LogP contribution in [-0.4, -0.2) is 77.4 Å². The Hall–Kier alpha value is -5.60. The number of nitrogens with zero attached hydrogens (tertiary/aromatic N) is 4. The number of pyridine rings is 1. The minimum absolute atomic E-state index is 0.0468. The molecule has 3 aliphatic rings. The lowest BCUT2D eigenvalue weighted by molar-refractivity contribution is -0.137. The molecular weight excluding hydrogens is 775 g/mol. The van der Waals surface area contributed by atoms with Gasteiger partial charge in [-0.3, -0.25) is 9.69 Å². The van der Waals surface area contributed by atoms with E-state index in [1.54, 1.807) is 90.9 Å². The van der Waals surface area contributed by atoms with Crippen molar-refractivity contribution in [2.75, 3.05) is 25.7 Å². The van der Waals surface area contributed by atoms with Gasteiger partial charge in [0.05, 0.1) is 43.6 Å². The van der Waals surface area contributed by atoms with Crippen molar-refractivity contribution in [3.8, 4) is 28.6 Å². The molecule has 1 aromatic heterocycles. The van der Waals surface area contributed by atoms with Crippen LogP contribution in [0.5, 0.6) is 17.4 Å². The summed E-state index contributed by atoms with van der Waals surface area (Å²) >= 11 is 0. The molecule has 0 spiro atoms. The molecule has 15 heteroatoms.